The average molecular weight is 551 g/mol. The molecule has 1 atom stereocenters. The molecule has 0 amide bonds. The van der Waals surface area contributed by atoms with Crippen LogP contribution in [-0.2, 0) is 32.5 Å². The predicted octanol–water partition coefficient (Wildman–Crippen LogP) is 4.16. The first kappa shape index (κ1) is 28.3. The number of hydrogen-bond donors (Lipinski definition) is 2. The van der Waals surface area contributed by atoms with Crippen LogP contribution in [0, 0.1) is 5.92 Å². The number of carbonyl (C=O) groups is 2. The second-order valence-corrected chi connectivity index (χ2v) is 12.0. The van der Waals surface area contributed by atoms with E-state index in [-0.39, 0.29) is 5.75 Å². The summed E-state index contributed by atoms with van der Waals surface area (Å²) in [6.07, 6.45) is 4.00. The minimum Gasteiger partial charge on any atom is -0.473 e. The molecule has 1 fully saturated rings. The summed E-state index contributed by atoms with van der Waals surface area (Å²) in [5.74, 6) is -3.18. The van der Waals surface area contributed by atoms with E-state index in [2.05, 4.69) is 47.4 Å². The third kappa shape index (κ3) is 7.68. The minimum absolute atomic E-state index is 0.127. The fourth-order valence-corrected chi connectivity index (χ4v) is 6.83. The zero-order chi connectivity index (χ0) is 27.8. The quantitative estimate of drug-likeness (QED) is 0.425. The number of fused-ring (bicyclic) bond motifs is 1. The van der Waals surface area contributed by atoms with Gasteiger partial charge in [-0.3, -0.25) is 4.31 Å². The zero-order valence-corrected chi connectivity index (χ0v) is 22.6. The van der Waals surface area contributed by atoms with E-state index in [0.717, 1.165) is 48.4 Å². The van der Waals surface area contributed by atoms with Crippen LogP contribution in [0.25, 0.3) is 11.1 Å². The standard InChI is InChI=1S/C28H32N2O2S.C2H2O4/c31-33(32,19-16-23-12-14-26(15-13-23)25-8-2-1-3-9-25)30-22-24(21-29-17-6-7-18-29)20-27-10-4-5-11-28(27)30;3-1(4)2(5)6/h1-5,8-15,24H,6-7,16-22H2;(H,3,4)(H,5,6). The molecule has 0 bridgehead atoms. The summed E-state index contributed by atoms with van der Waals surface area (Å²) in [6, 6.07) is 26.6. The molecule has 206 valence electrons. The number of hydrogen-bond acceptors (Lipinski definition) is 5. The van der Waals surface area contributed by atoms with Crippen LogP contribution in [0.1, 0.15) is 24.0 Å². The average Bonchev–Trinajstić information content (AvgIpc) is 3.45. The molecular weight excluding hydrogens is 516 g/mol. The molecule has 2 N–H and O–H groups in total. The highest BCUT2D eigenvalue weighted by Crippen LogP contribution is 2.33. The SMILES string of the molecule is O=C(O)C(=O)O.O=S(=O)(CCc1ccc(-c2ccccc2)cc1)N1CC(CN2CCCC2)Cc2ccccc21. The molecule has 0 aromatic heterocycles. The van der Waals surface area contributed by atoms with Crippen LogP contribution in [-0.4, -0.2) is 67.4 Å². The van der Waals surface area contributed by atoms with Gasteiger partial charge in [0.15, 0.2) is 0 Å². The van der Waals surface area contributed by atoms with E-state index in [0.29, 0.717) is 18.9 Å². The van der Waals surface area contributed by atoms with Crippen molar-refractivity contribution in [3.63, 3.8) is 0 Å². The van der Waals surface area contributed by atoms with Gasteiger partial charge in [-0.1, -0.05) is 72.8 Å². The Morgan fingerprint density at radius 1 is 0.795 bits per heavy atom. The van der Waals surface area contributed by atoms with Gasteiger partial charge in [0.2, 0.25) is 10.0 Å². The third-order valence-electron chi connectivity index (χ3n) is 7.14. The monoisotopic (exact) mass is 550 g/mol. The summed E-state index contributed by atoms with van der Waals surface area (Å²) < 4.78 is 28.7. The van der Waals surface area contributed by atoms with Crippen molar-refractivity contribution >= 4 is 27.6 Å². The van der Waals surface area contributed by atoms with E-state index < -0.39 is 22.0 Å². The summed E-state index contributed by atoms with van der Waals surface area (Å²) in [4.78, 5) is 20.7. The van der Waals surface area contributed by atoms with Gasteiger partial charge >= 0.3 is 11.9 Å². The topological polar surface area (TPSA) is 115 Å². The van der Waals surface area contributed by atoms with Crippen LogP contribution < -0.4 is 4.31 Å². The molecule has 1 saturated heterocycles. The van der Waals surface area contributed by atoms with Crippen molar-refractivity contribution in [2.75, 3.05) is 36.2 Å². The lowest BCUT2D eigenvalue weighted by Crippen LogP contribution is -2.44. The highest BCUT2D eigenvalue weighted by atomic mass is 32.2. The fraction of sp³-hybridized carbons (Fsp3) is 0.333. The molecule has 0 spiro atoms. The van der Waals surface area contributed by atoms with E-state index >= 15 is 0 Å². The van der Waals surface area contributed by atoms with Gasteiger partial charge in [-0.25, -0.2) is 18.0 Å². The van der Waals surface area contributed by atoms with Crippen molar-refractivity contribution in [2.24, 2.45) is 5.92 Å². The Morgan fingerprint density at radius 3 is 2.03 bits per heavy atom. The Balaban J connectivity index is 0.000000531. The first-order valence-electron chi connectivity index (χ1n) is 13.1. The van der Waals surface area contributed by atoms with Crippen molar-refractivity contribution in [1.29, 1.82) is 0 Å². The van der Waals surface area contributed by atoms with Crippen LogP contribution in [0.2, 0.25) is 0 Å². The van der Waals surface area contributed by atoms with Crippen LogP contribution in [0.4, 0.5) is 5.69 Å². The van der Waals surface area contributed by atoms with Crippen molar-refractivity contribution in [2.45, 2.75) is 25.7 Å². The smallest absolute Gasteiger partial charge is 0.414 e. The second-order valence-electron chi connectivity index (χ2n) is 9.98. The predicted molar refractivity (Wildman–Crippen MR) is 151 cm³/mol. The Morgan fingerprint density at radius 2 is 1.38 bits per heavy atom. The van der Waals surface area contributed by atoms with Gasteiger partial charge in [0.25, 0.3) is 0 Å². The molecule has 0 aliphatic carbocycles. The number of aliphatic carboxylic acids is 2. The number of rotatable bonds is 7. The Hall–Kier alpha value is -3.69. The van der Waals surface area contributed by atoms with Crippen LogP contribution >= 0.6 is 0 Å². The van der Waals surface area contributed by atoms with Crippen molar-refractivity contribution < 1.29 is 28.2 Å². The summed E-state index contributed by atoms with van der Waals surface area (Å²) >= 11 is 0. The van der Waals surface area contributed by atoms with Gasteiger partial charge in [-0.15, -0.1) is 0 Å². The molecule has 2 heterocycles. The molecule has 1 unspecified atom stereocenters. The highest BCUT2D eigenvalue weighted by molar-refractivity contribution is 7.92. The van der Waals surface area contributed by atoms with E-state index in [1.54, 1.807) is 4.31 Å². The highest BCUT2D eigenvalue weighted by Gasteiger charge is 2.33. The van der Waals surface area contributed by atoms with Gasteiger partial charge in [0.1, 0.15) is 0 Å². The molecule has 3 aromatic rings. The maximum Gasteiger partial charge on any atom is 0.414 e. The van der Waals surface area contributed by atoms with Crippen LogP contribution in [0.15, 0.2) is 78.9 Å². The van der Waals surface area contributed by atoms with Crippen LogP contribution in [0.3, 0.4) is 0 Å². The number of sulfonamides is 1. The third-order valence-corrected chi connectivity index (χ3v) is 8.87. The molecule has 5 rings (SSSR count). The number of aryl methyl sites for hydroxylation is 1. The number of anilines is 1. The molecule has 2 aliphatic heterocycles. The van der Waals surface area contributed by atoms with E-state index in [9.17, 15) is 8.42 Å². The number of carboxylic acid groups (broad SMARTS) is 2. The lowest BCUT2D eigenvalue weighted by atomic mass is 9.93. The first-order chi connectivity index (χ1) is 18.7. The number of nitrogens with zero attached hydrogens (tertiary/aromatic N) is 2. The zero-order valence-electron chi connectivity index (χ0n) is 21.8. The number of likely N-dealkylation sites (tertiary alicyclic amines) is 1. The van der Waals surface area contributed by atoms with E-state index in [4.69, 9.17) is 19.8 Å². The molecule has 0 radical (unpaired) electrons. The molecule has 39 heavy (non-hydrogen) atoms. The summed E-state index contributed by atoms with van der Waals surface area (Å²) in [5, 5.41) is 14.8. The number of para-hydroxylation sites is 1. The Bertz CT molecular complexity index is 1360. The van der Waals surface area contributed by atoms with Crippen molar-refractivity contribution in [3.05, 3.63) is 90.0 Å². The number of carboxylic acids is 2. The van der Waals surface area contributed by atoms with Crippen molar-refractivity contribution in [1.82, 2.24) is 4.90 Å². The van der Waals surface area contributed by atoms with Gasteiger partial charge in [-0.2, -0.15) is 0 Å². The fourth-order valence-electron chi connectivity index (χ4n) is 5.20. The van der Waals surface area contributed by atoms with Gasteiger partial charge in [0, 0.05) is 13.1 Å². The van der Waals surface area contributed by atoms with Gasteiger partial charge < -0.3 is 15.1 Å². The molecular formula is C30H34N2O6S. The molecule has 0 saturated carbocycles. The molecule has 2 aliphatic rings. The van der Waals surface area contributed by atoms with Gasteiger partial charge in [0.05, 0.1) is 11.4 Å². The lowest BCUT2D eigenvalue weighted by molar-refractivity contribution is -0.159. The largest absolute Gasteiger partial charge is 0.473 e. The first-order valence-corrected chi connectivity index (χ1v) is 14.7. The maximum atomic E-state index is 13.5. The summed E-state index contributed by atoms with van der Waals surface area (Å²) in [6.45, 7) is 3.86. The summed E-state index contributed by atoms with van der Waals surface area (Å²) in [7, 11) is -3.41. The minimum atomic E-state index is -3.41. The molecule has 8 nitrogen and oxygen atoms in total. The Labute approximate surface area is 229 Å². The molecule has 9 heteroatoms. The maximum absolute atomic E-state index is 13.5. The normalized spacial score (nSPS) is 17.1. The lowest BCUT2D eigenvalue weighted by Gasteiger charge is -2.36. The van der Waals surface area contributed by atoms with Crippen molar-refractivity contribution in [3.8, 4) is 11.1 Å². The van der Waals surface area contributed by atoms with Crippen LogP contribution in [0.5, 0.6) is 0 Å². The van der Waals surface area contributed by atoms with E-state index in [1.807, 2.05) is 36.4 Å². The van der Waals surface area contributed by atoms with E-state index in [1.165, 1.54) is 18.4 Å². The van der Waals surface area contributed by atoms with Gasteiger partial charge in [-0.05, 0) is 73.0 Å². The summed E-state index contributed by atoms with van der Waals surface area (Å²) in [5.41, 5.74) is 5.40. The second kappa shape index (κ2) is 12.9. The molecule has 3 aromatic carbocycles. The Kier molecular flexibility index (Phi) is 9.37. The number of benzene rings is 3.